The topological polar surface area (TPSA) is 26.9 Å². The number of aromatic nitrogens is 2. The fraction of sp³-hybridized carbons (Fsp3) is 0.533. The van der Waals surface area contributed by atoms with E-state index in [9.17, 15) is 4.79 Å². The second-order valence-corrected chi connectivity index (χ2v) is 5.44. The number of hydrogen-bond donors (Lipinski definition) is 0. The minimum absolute atomic E-state index is 0.127. The molecular formula is C15H20N2O. The first kappa shape index (κ1) is 11.6. The molecular weight excluding hydrogens is 224 g/mol. The lowest BCUT2D eigenvalue weighted by Crippen LogP contribution is -2.26. The minimum Gasteiger partial charge on any atom is -0.295 e. The quantitative estimate of drug-likeness (QED) is 0.798. The molecule has 0 bridgehead atoms. The van der Waals surface area contributed by atoms with E-state index in [0.717, 1.165) is 17.6 Å². The third-order valence-electron chi connectivity index (χ3n) is 4.22. The zero-order valence-electron chi connectivity index (χ0n) is 10.9. The summed E-state index contributed by atoms with van der Waals surface area (Å²) in [6.07, 6.45) is 6.56. The fourth-order valence-electron chi connectivity index (χ4n) is 3.17. The lowest BCUT2D eigenvalue weighted by molar-refractivity contribution is 0.318. The van der Waals surface area contributed by atoms with Gasteiger partial charge in [-0.05, 0) is 30.9 Å². The van der Waals surface area contributed by atoms with Crippen molar-refractivity contribution in [2.75, 3.05) is 0 Å². The van der Waals surface area contributed by atoms with Gasteiger partial charge in [0.1, 0.15) is 0 Å². The molecule has 2 aromatic rings. The van der Waals surface area contributed by atoms with Crippen molar-refractivity contribution in [2.24, 2.45) is 13.0 Å². The van der Waals surface area contributed by atoms with Crippen LogP contribution in [0, 0.1) is 5.92 Å². The van der Waals surface area contributed by atoms with Crippen LogP contribution in [0.2, 0.25) is 0 Å². The van der Waals surface area contributed by atoms with Gasteiger partial charge in [0.25, 0.3) is 0 Å². The van der Waals surface area contributed by atoms with Crippen molar-refractivity contribution in [3.05, 3.63) is 34.7 Å². The molecule has 0 unspecified atom stereocenters. The average molecular weight is 244 g/mol. The summed E-state index contributed by atoms with van der Waals surface area (Å²) in [6, 6.07) is 8.08. The molecule has 0 radical (unpaired) electrons. The van der Waals surface area contributed by atoms with E-state index < -0.39 is 0 Å². The van der Waals surface area contributed by atoms with Crippen LogP contribution >= 0.6 is 0 Å². The largest absolute Gasteiger partial charge is 0.328 e. The highest BCUT2D eigenvalue weighted by molar-refractivity contribution is 5.75. The molecule has 0 aliphatic heterocycles. The van der Waals surface area contributed by atoms with Gasteiger partial charge in [-0.25, -0.2) is 4.79 Å². The molecule has 1 aliphatic carbocycles. The molecule has 1 aliphatic rings. The van der Waals surface area contributed by atoms with Crippen LogP contribution in [0.25, 0.3) is 11.0 Å². The van der Waals surface area contributed by atoms with Crippen LogP contribution in [-0.4, -0.2) is 9.13 Å². The van der Waals surface area contributed by atoms with Gasteiger partial charge in [-0.15, -0.1) is 0 Å². The molecule has 1 aromatic heterocycles. The Bertz CT molecular complexity index is 602. The molecule has 1 saturated carbocycles. The van der Waals surface area contributed by atoms with Crippen LogP contribution in [0.3, 0.4) is 0 Å². The second kappa shape index (κ2) is 4.63. The Labute approximate surface area is 107 Å². The number of nitrogens with zero attached hydrogens (tertiary/aromatic N) is 2. The van der Waals surface area contributed by atoms with Crippen molar-refractivity contribution in [1.82, 2.24) is 9.13 Å². The van der Waals surface area contributed by atoms with Crippen LogP contribution in [0.4, 0.5) is 0 Å². The van der Waals surface area contributed by atoms with Crippen LogP contribution in [-0.2, 0) is 13.6 Å². The summed E-state index contributed by atoms with van der Waals surface area (Å²) in [6.45, 7) is 0.889. The highest BCUT2D eigenvalue weighted by atomic mass is 16.1. The second-order valence-electron chi connectivity index (χ2n) is 5.44. The monoisotopic (exact) mass is 244 g/mol. The van der Waals surface area contributed by atoms with Gasteiger partial charge in [-0.3, -0.25) is 9.13 Å². The third kappa shape index (κ3) is 1.88. The molecule has 0 saturated heterocycles. The summed E-state index contributed by atoms with van der Waals surface area (Å²) in [5, 5.41) is 0. The maximum Gasteiger partial charge on any atom is 0.328 e. The molecule has 96 valence electrons. The molecule has 0 amide bonds. The van der Waals surface area contributed by atoms with Crippen LogP contribution < -0.4 is 5.69 Å². The Balaban J connectivity index is 2.00. The van der Waals surface area contributed by atoms with Gasteiger partial charge in [-0.1, -0.05) is 31.4 Å². The first-order valence-electron chi connectivity index (χ1n) is 6.91. The lowest BCUT2D eigenvalue weighted by atomic mass is 9.89. The molecule has 18 heavy (non-hydrogen) atoms. The predicted molar refractivity (Wildman–Crippen MR) is 73.8 cm³/mol. The Morgan fingerprint density at radius 3 is 2.50 bits per heavy atom. The van der Waals surface area contributed by atoms with E-state index in [1.165, 1.54) is 32.1 Å². The van der Waals surface area contributed by atoms with Gasteiger partial charge in [0.05, 0.1) is 11.0 Å². The lowest BCUT2D eigenvalue weighted by Gasteiger charge is -2.21. The number of para-hydroxylation sites is 2. The number of hydrogen-bond acceptors (Lipinski definition) is 1. The van der Waals surface area contributed by atoms with E-state index in [2.05, 4.69) is 6.07 Å². The summed E-state index contributed by atoms with van der Waals surface area (Å²) < 4.78 is 3.73. The normalized spacial score (nSPS) is 17.4. The SMILES string of the molecule is Cn1c(=O)n(CC2CCCCC2)c2ccccc21. The van der Waals surface area contributed by atoms with Gasteiger partial charge >= 0.3 is 5.69 Å². The number of aryl methyl sites for hydroxylation is 1. The van der Waals surface area contributed by atoms with E-state index in [-0.39, 0.29) is 5.69 Å². The molecule has 3 nitrogen and oxygen atoms in total. The van der Waals surface area contributed by atoms with E-state index >= 15 is 0 Å². The Morgan fingerprint density at radius 2 is 1.78 bits per heavy atom. The molecule has 0 spiro atoms. The first-order chi connectivity index (χ1) is 8.77. The van der Waals surface area contributed by atoms with E-state index in [1.54, 1.807) is 4.57 Å². The number of imidazole rings is 1. The summed E-state index contributed by atoms with van der Waals surface area (Å²) in [7, 11) is 1.86. The maximum absolute atomic E-state index is 12.3. The zero-order chi connectivity index (χ0) is 12.5. The van der Waals surface area contributed by atoms with Crippen molar-refractivity contribution in [3.8, 4) is 0 Å². The zero-order valence-corrected chi connectivity index (χ0v) is 10.9. The number of rotatable bonds is 2. The molecule has 3 rings (SSSR count). The summed E-state index contributed by atoms with van der Waals surface area (Å²) in [4.78, 5) is 12.3. The van der Waals surface area contributed by atoms with Gasteiger partial charge in [0.2, 0.25) is 0 Å². The highest BCUT2D eigenvalue weighted by Gasteiger charge is 2.17. The molecule has 1 aromatic carbocycles. The van der Waals surface area contributed by atoms with Crippen molar-refractivity contribution in [2.45, 2.75) is 38.6 Å². The van der Waals surface area contributed by atoms with E-state index in [0.29, 0.717) is 5.92 Å². The summed E-state index contributed by atoms with van der Waals surface area (Å²) in [5.41, 5.74) is 2.25. The first-order valence-corrected chi connectivity index (χ1v) is 6.91. The fourth-order valence-corrected chi connectivity index (χ4v) is 3.17. The molecule has 0 atom stereocenters. The van der Waals surface area contributed by atoms with Crippen LogP contribution in [0.5, 0.6) is 0 Å². The summed E-state index contributed by atoms with van der Waals surface area (Å²) >= 11 is 0. The average Bonchev–Trinajstić information content (AvgIpc) is 2.66. The maximum atomic E-state index is 12.3. The third-order valence-corrected chi connectivity index (χ3v) is 4.22. The minimum atomic E-state index is 0.127. The Morgan fingerprint density at radius 1 is 1.11 bits per heavy atom. The number of benzene rings is 1. The standard InChI is InChI=1S/C15H20N2O/c1-16-13-9-5-6-10-14(13)17(15(16)18)11-12-7-3-2-4-8-12/h5-6,9-10,12H,2-4,7-8,11H2,1H3. The van der Waals surface area contributed by atoms with E-state index in [1.807, 2.05) is 29.8 Å². The van der Waals surface area contributed by atoms with Crippen molar-refractivity contribution >= 4 is 11.0 Å². The van der Waals surface area contributed by atoms with Gasteiger partial charge in [0.15, 0.2) is 0 Å². The Hall–Kier alpha value is -1.51. The smallest absolute Gasteiger partial charge is 0.295 e. The molecule has 0 N–H and O–H groups in total. The molecule has 3 heteroatoms. The van der Waals surface area contributed by atoms with Gasteiger partial charge in [0, 0.05) is 13.6 Å². The van der Waals surface area contributed by atoms with Crippen molar-refractivity contribution in [1.29, 1.82) is 0 Å². The Kier molecular flexibility index (Phi) is 2.98. The van der Waals surface area contributed by atoms with Crippen LogP contribution in [0.1, 0.15) is 32.1 Å². The molecule has 1 fully saturated rings. The molecule has 1 heterocycles. The van der Waals surface area contributed by atoms with Gasteiger partial charge < -0.3 is 0 Å². The van der Waals surface area contributed by atoms with E-state index in [4.69, 9.17) is 0 Å². The summed E-state index contributed by atoms with van der Waals surface area (Å²) in [5.74, 6) is 0.683. The van der Waals surface area contributed by atoms with Gasteiger partial charge in [-0.2, -0.15) is 0 Å². The predicted octanol–water partition coefficient (Wildman–Crippen LogP) is 2.92. The number of fused-ring (bicyclic) bond motifs is 1. The van der Waals surface area contributed by atoms with Crippen molar-refractivity contribution in [3.63, 3.8) is 0 Å². The van der Waals surface area contributed by atoms with Crippen molar-refractivity contribution < 1.29 is 0 Å². The van der Waals surface area contributed by atoms with Crippen LogP contribution in [0.15, 0.2) is 29.1 Å². The highest BCUT2D eigenvalue weighted by Crippen LogP contribution is 2.25.